The number of hydroxylamine groups is 1. The van der Waals surface area contributed by atoms with Gasteiger partial charge in [0.1, 0.15) is 0 Å². The van der Waals surface area contributed by atoms with Crippen LogP contribution in [0.5, 0.6) is 0 Å². The molecular weight excluding hydrogens is 278 g/mol. The van der Waals surface area contributed by atoms with Gasteiger partial charge in [-0.15, -0.1) is 0 Å². The molecule has 20 heavy (non-hydrogen) atoms. The largest absolute Gasteiger partial charge is 0.287 e. The molecule has 0 aliphatic carbocycles. The minimum absolute atomic E-state index is 0.109. The summed E-state index contributed by atoms with van der Waals surface area (Å²) in [5.74, 6) is 0.0970. The second kappa shape index (κ2) is 5.57. The van der Waals surface area contributed by atoms with Gasteiger partial charge in [-0.05, 0) is 0 Å². The van der Waals surface area contributed by atoms with Crippen molar-refractivity contribution >= 4 is 17.7 Å². The Kier molecular flexibility index (Phi) is 4.19. The highest BCUT2D eigenvalue weighted by Gasteiger charge is 2.28. The van der Waals surface area contributed by atoms with Gasteiger partial charge >= 0.3 is 0 Å². The Morgan fingerprint density at radius 1 is 1.55 bits per heavy atom. The van der Waals surface area contributed by atoms with E-state index in [9.17, 15) is 9.59 Å². The zero-order valence-electron chi connectivity index (χ0n) is 12.1. The van der Waals surface area contributed by atoms with Crippen LogP contribution in [0.15, 0.2) is 16.0 Å². The lowest BCUT2D eigenvalue weighted by Crippen LogP contribution is -2.40. The summed E-state index contributed by atoms with van der Waals surface area (Å²) in [6.45, 7) is 6.41. The molecule has 0 bridgehead atoms. The van der Waals surface area contributed by atoms with Gasteiger partial charge in [-0.2, -0.15) is 0 Å². The molecule has 1 aliphatic heterocycles. The van der Waals surface area contributed by atoms with Crippen molar-refractivity contribution in [2.45, 2.75) is 37.9 Å². The van der Waals surface area contributed by atoms with Gasteiger partial charge in [-0.3, -0.25) is 19.0 Å². The monoisotopic (exact) mass is 297 g/mol. The Morgan fingerprint density at radius 2 is 2.25 bits per heavy atom. The minimum atomic E-state index is -0.285. The van der Waals surface area contributed by atoms with Crippen molar-refractivity contribution in [1.82, 2.24) is 15.0 Å². The summed E-state index contributed by atoms with van der Waals surface area (Å²) in [5, 5.41) is 0.684. The van der Waals surface area contributed by atoms with Crippen molar-refractivity contribution in [3.63, 3.8) is 0 Å². The normalized spacial score (nSPS) is 18.5. The summed E-state index contributed by atoms with van der Waals surface area (Å²) in [6.07, 6.45) is 0. The van der Waals surface area contributed by atoms with Gasteiger partial charge in [-0.25, -0.2) is 10.5 Å². The van der Waals surface area contributed by atoms with E-state index in [1.54, 1.807) is 10.6 Å². The summed E-state index contributed by atoms with van der Waals surface area (Å²) >= 11 is 1.43. The molecule has 2 heterocycles. The molecule has 110 valence electrons. The molecule has 0 spiro atoms. The molecule has 1 N–H and O–H groups in total. The highest BCUT2D eigenvalue weighted by atomic mass is 32.2. The van der Waals surface area contributed by atoms with Crippen LogP contribution in [0.1, 0.15) is 26.5 Å². The van der Waals surface area contributed by atoms with E-state index in [1.807, 2.05) is 20.8 Å². The SMILES string of the molecule is CONC(=O)C1CSc2nc(C(C)(C)C)cc(=O)n2C1. The molecule has 1 aromatic heterocycles. The molecule has 0 radical (unpaired) electrons. The molecule has 7 heteroatoms. The molecule has 0 fully saturated rings. The number of rotatable bonds is 2. The van der Waals surface area contributed by atoms with Crippen molar-refractivity contribution < 1.29 is 9.63 Å². The molecule has 2 rings (SSSR count). The average Bonchev–Trinajstić information content (AvgIpc) is 2.37. The molecule has 1 aromatic rings. The minimum Gasteiger partial charge on any atom is -0.287 e. The number of carbonyl (C=O) groups is 1. The van der Waals surface area contributed by atoms with Crippen molar-refractivity contribution in [1.29, 1.82) is 0 Å². The van der Waals surface area contributed by atoms with Gasteiger partial charge in [0, 0.05) is 23.8 Å². The molecule has 6 nitrogen and oxygen atoms in total. The number of amides is 1. The molecule has 0 aromatic carbocycles. The van der Waals surface area contributed by atoms with E-state index in [-0.39, 0.29) is 22.8 Å². The first kappa shape index (κ1) is 15.1. The maximum Gasteiger partial charge on any atom is 0.254 e. The smallest absolute Gasteiger partial charge is 0.254 e. The molecule has 1 unspecified atom stereocenters. The maximum absolute atomic E-state index is 12.2. The lowest BCUT2D eigenvalue weighted by Gasteiger charge is -2.26. The van der Waals surface area contributed by atoms with Crippen LogP contribution < -0.4 is 11.0 Å². The Bertz CT molecular complexity index is 577. The molecule has 0 saturated carbocycles. The number of fused-ring (bicyclic) bond motifs is 1. The first-order valence-electron chi connectivity index (χ1n) is 6.41. The topological polar surface area (TPSA) is 73.2 Å². The molecule has 0 saturated heterocycles. The predicted molar refractivity (Wildman–Crippen MR) is 76.6 cm³/mol. The molecular formula is C13H19N3O3S. The van der Waals surface area contributed by atoms with E-state index in [2.05, 4.69) is 15.3 Å². The third-order valence-corrected chi connectivity index (χ3v) is 4.27. The van der Waals surface area contributed by atoms with E-state index in [0.29, 0.717) is 17.5 Å². The second-order valence-corrected chi connectivity index (χ2v) is 6.79. The third-order valence-electron chi connectivity index (χ3n) is 3.13. The van der Waals surface area contributed by atoms with E-state index in [0.717, 1.165) is 5.69 Å². The maximum atomic E-state index is 12.2. The highest BCUT2D eigenvalue weighted by molar-refractivity contribution is 7.99. The number of carbonyl (C=O) groups excluding carboxylic acids is 1. The van der Waals surface area contributed by atoms with Crippen LogP contribution in [-0.4, -0.2) is 28.3 Å². The fraction of sp³-hybridized carbons (Fsp3) is 0.615. The number of nitrogens with zero attached hydrogens (tertiary/aromatic N) is 2. The Balaban J connectivity index is 2.31. The number of hydrogen-bond acceptors (Lipinski definition) is 5. The highest BCUT2D eigenvalue weighted by Crippen LogP contribution is 2.27. The van der Waals surface area contributed by atoms with Crippen LogP contribution in [0.2, 0.25) is 0 Å². The van der Waals surface area contributed by atoms with Crippen molar-refractivity contribution in [2.24, 2.45) is 5.92 Å². The number of nitrogens with one attached hydrogen (secondary N) is 1. The van der Waals surface area contributed by atoms with Gasteiger partial charge in [0.2, 0.25) is 5.91 Å². The van der Waals surface area contributed by atoms with Gasteiger partial charge in [0.25, 0.3) is 5.56 Å². The van der Waals surface area contributed by atoms with Crippen LogP contribution >= 0.6 is 11.8 Å². The van der Waals surface area contributed by atoms with Gasteiger partial charge in [0.15, 0.2) is 5.16 Å². The van der Waals surface area contributed by atoms with E-state index in [1.165, 1.54) is 18.9 Å². The van der Waals surface area contributed by atoms with E-state index >= 15 is 0 Å². The Hall–Kier alpha value is -1.34. The van der Waals surface area contributed by atoms with Crippen molar-refractivity contribution in [2.75, 3.05) is 12.9 Å². The quantitative estimate of drug-likeness (QED) is 0.649. The lowest BCUT2D eigenvalue weighted by atomic mass is 9.92. The van der Waals surface area contributed by atoms with Crippen LogP contribution in [0.3, 0.4) is 0 Å². The van der Waals surface area contributed by atoms with Crippen LogP contribution in [-0.2, 0) is 21.6 Å². The van der Waals surface area contributed by atoms with Crippen molar-refractivity contribution in [3.05, 3.63) is 22.1 Å². The van der Waals surface area contributed by atoms with Crippen LogP contribution in [0.25, 0.3) is 0 Å². The zero-order valence-corrected chi connectivity index (χ0v) is 12.9. The molecule has 1 aliphatic rings. The number of thioether (sulfide) groups is 1. The van der Waals surface area contributed by atoms with Crippen LogP contribution in [0.4, 0.5) is 0 Å². The standard InChI is InChI=1S/C13H19N3O3S/c1-13(2,3)9-5-10(17)16-6-8(11(18)15-19-4)7-20-12(16)14-9/h5,8H,6-7H2,1-4H3,(H,15,18). The Labute approximate surface area is 121 Å². The second-order valence-electron chi connectivity index (χ2n) is 5.80. The zero-order chi connectivity index (χ0) is 14.9. The first-order chi connectivity index (χ1) is 9.32. The van der Waals surface area contributed by atoms with Gasteiger partial charge in [0.05, 0.1) is 18.7 Å². The Morgan fingerprint density at radius 3 is 2.85 bits per heavy atom. The number of aromatic nitrogens is 2. The van der Waals surface area contributed by atoms with E-state index < -0.39 is 0 Å². The molecule has 1 atom stereocenters. The average molecular weight is 297 g/mol. The predicted octanol–water partition coefficient (Wildman–Crippen LogP) is 0.940. The van der Waals surface area contributed by atoms with Crippen LogP contribution in [0, 0.1) is 5.92 Å². The summed E-state index contributed by atoms with van der Waals surface area (Å²) in [6, 6.07) is 1.56. The third kappa shape index (κ3) is 3.04. The molecule has 1 amide bonds. The summed E-state index contributed by atoms with van der Waals surface area (Å²) in [7, 11) is 1.39. The lowest BCUT2D eigenvalue weighted by molar-refractivity contribution is -0.135. The fourth-order valence-corrected chi connectivity index (χ4v) is 3.03. The first-order valence-corrected chi connectivity index (χ1v) is 7.39. The van der Waals surface area contributed by atoms with E-state index in [4.69, 9.17) is 0 Å². The van der Waals surface area contributed by atoms with Crippen molar-refractivity contribution in [3.8, 4) is 0 Å². The summed E-state index contributed by atoms with van der Waals surface area (Å²) < 4.78 is 1.56. The summed E-state index contributed by atoms with van der Waals surface area (Å²) in [5.41, 5.74) is 2.82. The number of hydrogen-bond donors (Lipinski definition) is 1. The van der Waals surface area contributed by atoms with Gasteiger partial charge in [-0.1, -0.05) is 32.5 Å². The summed E-state index contributed by atoms with van der Waals surface area (Å²) in [4.78, 5) is 33.1. The van der Waals surface area contributed by atoms with Gasteiger partial charge < -0.3 is 0 Å². The fourth-order valence-electron chi connectivity index (χ4n) is 1.94.